The quantitative estimate of drug-likeness (QED) is 0.797. The summed E-state index contributed by atoms with van der Waals surface area (Å²) in [7, 11) is 0. The molecule has 0 bridgehead atoms. The Kier molecular flexibility index (Phi) is 4.10. The van der Waals surface area contributed by atoms with Crippen LogP contribution in [0.5, 0.6) is 0 Å². The van der Waals surface area contributed by atoms with Gasteiger partial charge in [-0.3, -0.25) is 0 Å². The Morgan fingerprint density at radius 3 is 2.78 bits per heavy atom. The molecule has 3 N–H and O–H groups in total. The summed E-state index contributed by atoms with van der Waals surface area (Å²) in [6.07, 6.45) is 5.29. The van der Waals surface area contributed by atoms with Crippen LogP contribution in [0.15, 0.2) is 12.1 Å². The van der Waals surface area contributed by atoms with Gasteiger partial charge in [-0.15, -0.1) is 0 Å². The third-order valence-corrected chi connectivity index (χ3v) is 4.17. The van der Waals surface area contributed by atoms with Crippen LogP contribution in [0.1, 0.15) is 38.2 Å². The zero-order chi connectivity index (χ0) is 13.1. The Labute approximate surface area is 109 Å². The zero-order valence-electron chi connectivity index (χ0n) is 11.3. The smallest absolute Gasteiger partial charge is 0.128 e. The number of nitrogen functional groups attached to an aromatic ring is 1. The predicted octanol–water partition coefficient (Wildman–Crippen LogP) is 3.95. The van der Waals surface area contributed by atoms with Crippen LogP contribution in [-0.4, -0.2) is 6.54 Å². The molecule has 2 rings (SSSR count). The number of benzene rings is 1. The second-order valence-electron chi connectivity index (χ2n) is 5.59. The number of anilines is 2. The normalized spacial score (nSPS) is 23.9. The van der Waals surface area contributed by atoms with E-state index in [2.05, 4.69) is 12.2 Å². The van der Waals surface area contributed by atoms with E-state index in [0.717, 1.165) is 18.2 Å². The van der Waals surface area contributed by atoms with Gasteiger partial charge in [0, 0.05) is 6.54 Å². The summed E-state index contributed by atoms with van der Waals surface area (Å²) in [4.78, 5) is 0. The fourth-order valence-corrected chi connectivity index (χ4v) is 2.79. The molecule has 18 heavy (non-hydrogen) atoms. The molecule has 2 nitrogen and oxygen atoms in total. The molecule has 0 amide bonds. The highest BCUT2D eigenvalue weighted by atomic mass is 19.1. The van der Waals surface area contributed by atoms with Crippen molar-refractivity contribution in [3.8, 4) is 0 Å². The van der Waals surface area contributed by atoms with Crippen LogP contribution in [0.4, 0.5) is 15.8 Å². The third-order valence-electron chi connectivity index (χ3n) is 4.17. The van der Waals surface area contributed by atoms with E-state index in [1.807, 2.05) is 0 Å². The van der Waals surface area contributed by atoms with Gasteiger partial charge in [-0.2, -0.15) is 0 Å². The minimum Gasteiger partial charge on any atom is -0.397 e. The van der Waals surface area contributed by atoms with Crippen LogP contribution in [0.2, 0.25) is 0 Å². The summed E-state index contributed by atoms with van der Waals surface area (Å²) < 4.78 is 13.3. The van der Waals surface area contributed by atoms with E-state index in [0.29, 0.717) is 17.2 Å². The maximum atomic E-state index is 13.3. The summed E-state index contributed by atoms with van der Waals surface area (Å²) in [5.41, 5.74) is 7.85. The fraction of sp³-hybridized carbons (Fsp3) is 0.600. The van der Waals surface area contributed by atoms with Gasteiger partial charge in [0.15, 0.2) is 0 Å². The molecule has 1 aliphatic rings. The minimum absolute atomic E-state index is 0.232. The van der Waals surface area contributed by atoms with Crippen molar-refractivity contribution in [3.63, 3.8) is 0 Å². The van der Waals surface area contributed by atoms with E-state index in [9.17, 15) is 4.39 Å². The topological polar surface area (TPSA) is 38.0 Å². The maximum absolute atomic E-state index is 13.3. The van der Waals surface area contributed by atoms with E-state index in [1.54, 1.807) is 13.0 Å². The van der Waals surface area contributed by atoms with Crippen molar-refractivity contribution in [3.05, 3.63) is 23.5 Å². The Bertz CT molecular complexity index is 417. The first-order valence-electron chi connectivity index (χ1n) is 6.87. The van der Waals surface area contributed by atoms with Crippen molar-refractivity contribution in [1.82, 2.24) is 0 Å². The van der Waals surface area contributed by atoms with E-state index < -0.39 is 0 Å². The van der Waals surface area contributed by atoms with Gasteiger partial charge in [0.2, 0.25) is 0 Å². The number of hydrogen-bond acceptors (Lipinski definition) is 2. The van der Waals surface area contributed by atoms with Crippen molar-refractivity contribution in [2.75, 3.05) is 17.6 Å². The summed E-state index contributed by atoms with van der Waals surface area (Å²) in [6, 6.07) is 3.21. The molecule has 1 aliphatic carbocycles. The van der Waals surface area contributed by atoms with Gasteiger partial charge in [-0.25, -0.2) is 4.39 Å². The molecule has 0 spiro atoms. The van der Waals surface area contributed by atoms with Crippen LogP contribution >= 0.6 is 0 Å². The van der Waals surface area contributed by atoms with Gasteiger partial charge < -0.3 is 11.1 Å². The third kappa shape index (κ3) is 2.95. The molecule has 0 radical (unpaired) electrons. The molecule has 3 heteroatoms. The Hall–Kier alpha value is -1.25. The largest absolute Gasteiger partial charge is 0.397 e. The minimum atomic E-state index is -0.232. The van der Waals surface area contributed by atoms with E-state index >= 15 is 0 Å². The Balaban J connectivity index is 1.99. The molecule has 0 aromatic heterocycles. The van der Waals surface area contributed by atoms with Crippen molar-refractivity contribution in [2.24, 2.45) is 11.8 Å². The number of nitrogens with two attached hydrogens (primary N) is 1. The summed E-state index contributed by atoms with van der Waals surface area (Å²) in [6.45, 7) is 5.03. The highest BCUT2D eigenvalue weighted by Gasteiger charge is 2.21. The average molecular weight is 250 g/mol. The van der Waals surface area contributed by atoms with Gasteiger partial charge in [0.05, 0.1) is 11.4 Å². The van der Waals surface area contributed by atoms with Crippen molar-refractivity contribution < 1.29 is 4.39 Å². The van der Waals surface area contributed by atoms with E-state index in [-0.39, 0.29) is 5.82 Å². The lowest BCUT2D eigenvalue weighted by Crippen LogP contribution is -2.24. The lowest BCUT2D eigenvalue weighted by atomic mass is 9.80. The lowest BCUT2D eigenvalue weighted by Gasteiger charge is -2.29. The molecular weight excluding hydrogens is 227 g/mol. The number of hydrogen-bond donors (Lipinski definition) is 2. The lowest BCUT2D eigenvalue weighted by molar-refractivity contribution is 0.268. The van der Waals surface area contributed by atoms with Crippen LogP contribution in [0, 0.1) is 24.6 Å². The van der Waals surface area contributed by atoms with Gasteiger partial charge in [-0.1, -0.05) is 26.2 Å². The summed E-state index contributed by atoms with van der Waals surface area (Å²) >= 11 is 0. The van der Waals surface area contributed by atoms with Crippen molar-refractivity contribution >= 4 is 11.4 Å². The van der Waals surface area contributed by atoms with Crippen molar-refractivity contribution in [1.29, 1.82) is 0 Å². The molecule has 0 heterocycles. The van der Waals surface area contributed by atoms with E-state index in [4.69, 9.17) is 5.73 Å². The second-order valence-corrected chi connectivity index (χ2v) is 5.59. The first-order valence-corrected chi connectivity index (χ1v) is 6.87. The summed E-state index contributed by atoms with van der Waals surface area (Å²) in [5.74, 6) is 1.25. The van der Waals surface area contributed by atoms with E-state index in [1.165, 1.54) is 31.7 Å². The maximum Gasteiger partial charge on any atom is 0.128 e. The molecule has 1 fully saturated rings. The monoisotopic (exact) mass is 250 g/mol. The van der Waals surface area contributed by atoms with Crippen LogP contribution in [0.3, 0.4) is 0 Å². The predicted molar refractivity (Wildman–Crippen MR) is 75.2 cm³/mol. The highest BCUT2D eigenvalue weighted by Crippen LogP contribution is 2.30. The number of aryl methyl sites for hydroxylation is 1. The standard InChI is InChI=1S/C15H23FN2/c1-10-5-3-4-6-12(10)9-18-15-7-11(2)13(16)8-14(15)17/h7-8,10,12,18H,3-6,9,17H2,1-2H3. The van der Waals surface area contributed by atoms with Gasteiger partial charge in [-0.05, 0) is 42.9 Å². The average Bonchev–Trinajstić information content (AvgIpc) is 2.34. The molecular formula is C15H23FN2. The molecule has 100 valence electrons. The zero-order valence-corrected chi connectivity index (χ0v) is 11.3. The van der Waals surface area contributed by atoms with Crippen LogP contribution in [-0.2, 0) is 0 Å². The number of halogens is 1. The molecule has 0 saturated heterocycles. The second kappa shape index (κ2) is 5.59. The van der Waals surface area contributed by atoms with Crippen molar-refractivity contribution in [2.45, 2.75) is 39.5 Å². The highest BCUT2D eigenvalue weighted by molar-refractivity contribution is 5.67. The first-order chi connectivity index (χ1) is 8.58. The van der Waals surface area contributed by atoms with Gasteiger partial charge in [0.1, 0.15) is 5.82 Å². The van der Waals surface area contributed by atoms with Crippen LogP contribution < -0.4 is 11.1 Å². The van der Waals surface area contributed by atoms with Gasteiger partial charge >= 0.3 is 0 Å². The molecule has 1 aromatic carbocycles. The van der Waals surface area contributed by atoms with Gasteiger partial charge in [0.25, 0.3) is 0 Å². The molecule has 1 aromatic rings. The van der Waals surface area contributed by atoms with Crippen LogP contribution in [0.25, 0.3) is 0 Å². The first kappa shape index (κ1) is 13.2. The number of nitrogens with one attached hydrogen (secondary N) is 1. The molecule has 1 saturated carbocycles. The fourth-order valence-electron chi connectivity index (χ4n) is 2.79. The SMILES string of the molecule is Cc1cc(NCC2CCCCC2C)c(N)cc1F. The molecule has 0 aliphatic heterocycles. The Morgan fingerprint density at radius 1 is 1.33 bits per heavy atom. The summed E-state index contributed by atoms with van der Waals surface area (Å²) in [5, 5.41) is 3.39. The Morgan fingerprint density at radius 2 is 2.06 bits per heavy atom. The number of rotatable bonds is 3. The molecule has 2 unspecified atom stereocenters. The molecule has 2 atom stereocenters.